The second-order valence-corrected chi connectivity index (χ2v) is 5.48. The highest BCUT2D eigenvalue weighted by Crippen LogP contribution is 2.39. The Labute approximate surface area is 120 Å². The normalized spacial score (nSPS) is 17.9. The maximum absolute atomic E-state index is 12.4. The third-order valence-corrected chi connectivity index (χ3v) is 4.00. The van der Waals surface area contributed by atoms with Crippen molar-refractivity contribution in [3.05, 3.63) is 11.7 Å². The molecule has 0 aliphatic heterocycles. The minimum atomic E-state index is -0.703. The molecule has 0 amide bonds. The quantitative estimate of drug-likeness (QED) is 0.749. The van der Waals surface area contributed by atoms with Gasteiger partial charge < -0.3 is 9.26 Å². The lowest BCUT2D eigenvalue weighted by molar-refractivity contribution is -0.152. The zero-order valence-corrected chi connectivity index (χ0v) is 12.5. The molecule has 0 radical (unpaired) electrons. The Morgan fingerprint density at radius 2 is 2.05 bits per heavy atom. The Balaban J connectivity index is 2.21. The maximum Gasteiger partial charge on any atom is 0.321 e. The van der Waals surface area contributed by atoms with Crippen molar-refractivity contribution in [1.82, 2.24) is 10.1 Å². The van der Waals surface area contributed by atoms with Gasteiger partial charge in [-0.2, -0.15) is 4.98 Å². The molecule has 0 aromatic carbocycles. The average Bonchev–Trinajstić information content (AvgIpc) is 2.95. The molecule has 1 heterocycles. The number of rotatable bonds is 6. The molecule has 1 fully saturated rings. The van der Waals surface area contributed by atoms with Crippen molar-refractivity contribution in [1.29, 1.82) is 0 Å². The monoisotopic (exact) mass is 280 g/mol. The maximum atomic E-state index is 12.4. The van der Waals surface area contributed by atoms with E-state index in [1.54, 1.807) is 0 Å². The molecule has 112 valence electrons. The molecule has 5 heteroatoms. The second kappa shape index (κ2) is 6.86. The first-order valence-corrected chi connectivity index (χ1v) is 7.73. The number of carbonyl (C=O) groups excluding carboxylic acids is 1. The van der Waals surface area contributed by atoms with E-state index in [1.807, 2.05) is 6.92 Å². The van der Waals surface area contributed by atoms with Gasteiger partial charge in [0.25, 0.3) is 0 Å². The van der Waals surface area contributed by atoms with Crippen molar-refractivity contribution < 1.29 is 14.1 Å². The smallest absolute Gasteiger partial charge is 0.321 e. The summed E-state index contributed by atoms with van der Waals surface area (Å²) in [5.41, 5.74) is -0.703. The van der Waals surface area contributed by atoms with Crippen LogP contribution in [0.25, 0.3) is 0 Å². The molecule has 1 aliphatic carbocycles. The molecule has 5 nitrogen and oxygen atoms in total. The highest BCUT2D eigenvalue weighted by Gasteiger charge is 2.47. The summed E-state index contributed by atoms with van der Waals surface area (Å²) in [4.78, 5) is 16.9. The topological polar surface area (TPSA) is 65.2 Å². The average molecular weight is 280 g/mol. The standard InChI is InChI=1S/C15H24N2O3/c1-3-5-9-12-16-13(20-17-12)15(14(18)19-4-2)10-7-6-8-11-15/h3-11H2,1-2H3. The number of hydrogen-bond acceptors (Lipinski definition) is 5. The van der Waals surface area contributed by atoms with Gasteiger partial charge in [-0.3, -0.25) is 4.79 Å². The Morgan fingerprint density at radius 3 is 2.70 bits per heavy atom. The summed E-state index contributed by atoms with van der Waals surface area (Å²) >= 11 is 0. The van der Waals surface area contributed by atoms with Crippen LogP contribution in [-0.2, 0) is 21.4 Å². The zero-order chi connectivity index (χ0) is 14.4. The van der Waals surface area contributed by atoms with Crippen molar-refractivity contribution in [2.24, 2.45) is 0 Å². The van der Waals surface area contributed by atoms with Gasteiger partial charge in [-0.25, -0.2) is 0 Å². The Bertz CT molecular complexity index is 436. The predicted octanol–water partition coefficient (Wildman–Crippen LogP) is 3.18. The van der Waals surface area contributed by atoms with Crippen LogP contribution in [0.1, 0.15) is 70.5 Å². The summed E-state index contributed by atoms with van der Waals surface area (Å²) in [5.74, 6) is 0.961. The molecule has 0 N–H and O–H groups in total. The molecule has 0 atom stereocenters. The number of aromatic nitrogens is 2. The number of unbranched alkanes of at least 4 members (excludes halogenated alkanes) is 1. The van der Waals surface area contributed by atoms with E-state index in [2.05, 4.69) is 17.1 Å². The number of hydrogen-bond donors (Lipinski definition) is 0. The van der Waals surface area contributed by atoms with Crippen LogP contribution in [0.4, 0.5) is 0 Å². The van der Waals surface area contributed by atoms with Gasteiger partial charge in [0.05, 0.1) is 6.61 Å². The lowest BCUT2D eigenvalue weighted by Crippen LogP contribution is -2.39. The third-order valence-electron chi connectivity index (χ3n) is 4.00. The molecule has 1 aromatic rings. The lowest BCUT2D eigenvalue weighted by Gasteiger charge is -2.31. The molecule has 0 bridgehead atoms. The van der Waals surface area contributed by atoms with Crippen LogP contribution in [0.15, 0.2) is 4.52 Å². The van der Waals surface area contributed by atoms with Gasteiger partial charge in [-0.15, -0.1) is 0 Å². The van der Waals surface area contributed by atoms with Crippen LogP contribution in [0.2, 0.25) is 0 Å². The highest BCUT2D eigenvalue weighted by atomic mass is 16.5. The van der Waals surface area contributed by atoms with Crippen LogP contribution in [0, 0.1) is 0 Å². The number of esters is 1. The van der Waals surface area contributed by atoms with E-state index in [4.69, 9.17) is 9.26 Å². The number of ether oxygens (including phenoxy) is 1. The number of carbonyl (C=O) groups is 1. The Hall–Kier alpha value is -1.39. The summed E-state index contributed by atoms with van der Waals surface area (Å²) in [5, 5.41) is 4.02. The SMILES string of the molecule is CCCCc1noc(C2(C(=O)OCC)CCCCC2)n1. The molecule has 0 unspecified atom stereocenters. The van der Waals surface area contributed by atoms with E-state index >= 15 is 0 Å². The van der Waals surface area contributed by atoms with Crippen molar-refractivity contribution in [2.45, 2.75) is 70.6 Å². The van der Waals surface area contributed by atoms with Crippen LogP contribution in [0.5, 0.6) is 0 Å². The van der Waals surface area contributed by atoms with Crippen molar-refractivity contribution in [3.8, 4) is 0 Å². The van der Waals surface area contributed by atoms with E-state index in [-0.39, 0.29) is 5.97 Å². The summed E-state index contributed by atoms with van der Waals surface area (Å²) < 4.78 is 10.7. The minimum Gasteiger partial charge on any atom is -0.465 e. The fourth-order valence-corrected chi connectivity index (χ4v) is 2.81. The number of nitrogens with zero attached hydrogens (tertiary/aromatic N) is 2. The molecular weight excluding hydrogens is 256 g/mol. The molecule has 0 spiro atoms. The van der Waals surface area contributed by atoms with Crippen molar-refractivity contribution >= 4 is 5.97 Å². The van der Waals surface area contributed by atoms with Gasteiger partial charge >= 0.3 is 5.97 Å². The first-order valence-electron chi connectivity index (χ1n) is 7.73. The predicted molar refractivity (Wildman–Crippen MR) is 74.3 cm³/mol. The molecule has 1 aliphatic rings. The summed E-state index contributed by atoms with van der Waals surface area (Å²) in [6.45, 7) is 4.34. The van der Waals surface area contributed by atoms with Gasteiger partial charge in [0.15, 0.2) is 5.82 Å². The van der Waals surface area contributed by atoms with E-state index in [1.165, 1.54) is 0 Å². The minimum absolute atomic E-state index is 0.203. The molecule has 1 saturated carbocycles. The molecule has 2 rings (SSSR count). The largest absolute Gasteiger partial charge is 0.465 e. The zero-order valence-electron chi connectivity index (χ0n) is 12.5. The molecular formula is C15H24N2O3. The van der Waals surface area contributed by atoms with E-state index in [0.717, 1.165) is 51.4 Å². The lowest BCUT2D eigenvalue weighted by atomic mass is 9.74. The molecule has 20 heavy (non-hydrogen) atoms. The third kappa shape index (κ3) is 3.02. The van der Waals surface area contributed by atoms with Gasteiger partial charge in [0.1, 0.15) is 5.41 Å². The summed E-state index contributed by atoms with van der Waals surface area (Å²) in [6, 6.07) is 0. The van der Waals surface area contributed by atoms with Gasteiger partial charge in [0, 0.05) is 6.42 Å². The second-order valence-electron chi connectivity index (χ2n) is 5.48. The van der Waals surface area contributed by atoms with Crippen LogP contribution in [0.3, 0.4) is 0 Å². The van der Waals surface area contributed by atoms with Crippen LogP contribution >= 0.6 is 0 Å². The van der Waals surface area contributed by atoms with E-state index in [9.17, 15) is 4.79 Å². The fourth-order valence-electron chi connectivity index (χ4n) is 2.81. The Morgan fingerprint density at radius 1 is 1.30 bits per heavy atom. The summed E-state index contributed by atoms with van der Waals surface area (Å²) in [7, 11) is 0. The van der Waals surface area contributed by atoms with Gasteiger partial charge in [-0.1, -0.05) is 37.8 Å². The number of aryl methyl sites for hydroxylation is 1. The van der Waals surface area contributed by atoms with Crippen LogP contribution < -0.4 is 0 Å². The first-order chi connectivity index (χ1) is 9.73. The van der Waals surface area contributed by atoms with E-state index in [0.29, 0.717) is 18.3 Å². The van der Waals surface area contributed by atoms with Gasteiger partial charge in [-0.05, 0) is 26.2 Å². The molecule has 0 saturated heterocycles. The highest BCUT2D eigenvalue weighted by molar-refractivity contribution is 5.82. The van der Waals surface area contributed by atoms with Crippen molar-refractivity contribution in [2.75, 3.05) is 6.61 Å². The van der Waals surface area contributed by atoms with Crippen molar-refractivity contribution in [3.63, 3.8) is 0 Å². The summed E-state index contributed by atoms with van der Waals surface area (Å²) in [6.07, 6.45) is 7.59. The van der Waals surface area contributed by atoms with Crippen LogP contribution in [-0.4, -0.2) is 22.7 Å². The molecule has 1 aromatic heterocycles. The van der Waals surface area contributed by atoms with Gasteiger partial charge in [0.2, 0.25) is 5.89 Å². The fraction of sp³-hybridized carbons (Fsp3) is 0.800. The first kappa shape index (κ1) is 15.0. The van der Waals surface area contributed by atoms with E-state index < -0.39 is 5.41 Å². The Kier molecular flexibility index (Phi) is 5.15.